The zero-order valence-electron chi connectivity index (χ0n) is 10.2. The molecular weight excluding hydrogens is 280 g/mol. The summed E-state index contributed by atoms with van der Waals surface area (Å²) in [6, 6.07) is 6.03. The molecule has 0 unspecified atom stereocenters. The molecule has 1 aromatic carbocycles. The van der Waals surface area contributed by atoms with Gasteiger partial charge >= 0.3 is 0 Å². The molecule has 0 atom stereocenters. The van der Waals surface area contributed by atoms with Gasteiger partial charge in [-0.1, -0.05) is 25.3 Å². The number of halogens is 1. The van der Waals surface area contributed by atoms with Crippen molar-refractivity contribution >= 4 is 15.9 Å². The van der Waals surface area contributed by atoms with Crippen molar-refractivity contribution in [3.8, 4) is 5.75 Å². The van der Waals surface area contributed by atoms with Crippen LogP contribution in [0.4, 0.5) is 0 Å². The van der Waals surface area contributed by atoms with Crippen LogP contribution in [0.3, 0.4) is 0 Å². The predicted octanol–water partition coefficient (Wildman–Crippen LogP) is 3.70. The van der Waals surface area contributed by atoms with Crippen LogP contribution < -0.4 is 4.74 Å². The van der Waals surface area contributed by atoms with Crippen LogP contribution in [0.15, 0.2) is 22.7 Å². The number of hydrogen-bond donors (Lipinski definition) is 1. The van der Waals surface area contributed by atoms with Crippen molar-refractivity contribution in [2.45, 2.75) is 44.1 Å². The van der Waals surface area contributed by atoms with Gasteiger partial charge in [0.05, 0.1) is 17.2 Å². The smallest absolute Gasteiger partial charge is 0.133 e. The highest BCUT2D eigenvalue weighted by Crippen LogP contribution is 2.33. The van der Waals surface area contributed by atoms with E-state index in [1.807, 2.05) is 18.2 Å². The minimum atomic E-state index is -0.494. The molecule has 0 heterocycles. The van der Waals surface area contributed by atoms with Gasteiger partial charge in [-0.15, -0.1) is 0 Å². The molecule has 0 radical (unpaired) electrons. The molecule has 2 nitrogen and oxygen atoms in total. The zero-order chi connectivity index (χ0) is 12.3. The lowest BCUT2D eigenvalue weighted by atomic mass is 9.80. The standard InChI is InChI=1S/C14H19BrO2/c1-17-13-6-5-11(9-12(13)15)10-14(16)7-3-2-4-8-14/h5-6,9,16H,2-4,7-8,10H2,1H3. The van der Waals surface area contributed by atoms with Crippen LogP contribution in [-0.2, 0) is 6.42 Å². The summed E-state index contributed by atoms with van der Waals surface area (Å²) >= 11 is 3.48. The van der Waals surface area contributed by atoms with E-state index in [1.54, 1.807) is 7.11 Å². The van der Waals surface area contributed by atoms with E-state index in [1.165, 1.54) is 12.0 Å². The third-order valence-electron chi connectivity index (χ3n) is 3.53. The highest BCUT2D eigenvalue weighted by molar-refractivity contribution is 9.10. The summed E-state index contributed by atoms with van der Waals surface area (Å²) in [5.41, 5.74) is 0.675. The maximum absolute atomic E-state index is 10.5. The van der Waals surface area contributed by atoms with Crippen molar-refractivity contribution in [3.63, 3.8) is 0 Å². The first-order chi connectivity index (χ1) is 8.13. The molecule has 0 saturated heterocycles. The maximum atomic E-state index is 10.5. The van der Waals surface area contributed by atoms with E-state index in [0.717, 1.165) is 42.3 Å². The summed E-state index contributed by atoms with van der Waals surface area (Å²) < 4.78 is 6.16. The van der Waals surface area contributed by atoms with E-state index in [2.05, 4.69) is 15.9 Å². The fourth-order valence-electron chi connectivity index (χ4n) is 2.59. The summed E-state index contributed by atoms with van der Waals surface area (Å²) in [6.07, 6.45) is 6.15. The number of aliphatic hydroxyl groups is 1. The molecule has 1 N–H and O–H groups in total. The van der Waals surface area contributed by atoms with Gasteiger partial charge in [0.1, 0.15) is 5.75 Å². The molecule has 17 heavy (non-hydrogen) atoms. The van der Waals surface area contributed by atoms with Crippen LogP contribution in [0, 0.1) is 0 Å². The SMILES string of the molecule is COc1ccc(CC2(O)CCCCC2)cc1Br. The van der Waals surface area contributed by atoms with E-state index in [9.17, 15) is 5.11 Å². The largest absolute Gasteiger partial charge is 0.496 e. The molecule has 0 aromatic heterocycles. The van der Waals surface area contributed by atoms with Gasteiger partial charge in [-0.25, -0.2) is 0 Å². The van der Waals surface area contributed by atoms with Crippen molar-refractivity contribution in [2.75, 3.05) is 7.11 Å². The fraction of sp³-hybridized carbons (Fsp3) is 0.571. The normalized spacial score (nSPS) is 19.0. The minimum absolute atomic E-state index is 0.494. The lowest BCUT2D eigenvalue weighted by molar-refractivity contribution is 0.00447. The van der Waals surface area contributed by atoms with Gasteiger partial charge in [0, 0.05) is 6.42 Å². The lowest BCUT2D eigenvalue weighted by Crippen LogP contribution is -2.33. The monoisotopic (exact) mass is 298 g/mol. The van der Waals surface area contributed by atoms with E-state index in [4.69, 9.17) is 4.74 Å². The van der Waals surface area contributed by atoms with Gasteiger partial charge in [0.15, 0.2) is 0 Å². The molecule has 1 aromatic rings. The Morgan fingerprint density at radius 3 is 2.59 bits per heavy atom. The Morgan fingerprint density at radius 1 is 1.29 bits per heavy atom. The molecule has 1 saturated carbocycles. The van der Waals surface area contributed by atoms with Crippen molar-refractivity contribution in [2.24, 2.45) is 0 Å². The van der Waals surface area contributed by atoms with Crippen LogP contribution in [0.1, 0.15) is 37.7 Å². The molecule has 0 aliphatic heterocycles. The van der Waals surface area contributed by atoms with Crippen molar-refractivity contribution in [1.29, 1.82) is 0 Å². The Bertz CT molecular complexity index is 384. The number of ether oxygens (including phenoxy) is 1. The number of benzene rings is 1. The van der Waals surface area contributed by atoms with Crippen LogP contribution >= 0.6 is 15.9 Å². The summed E-state index contributed by atoms with van der Waals surface area (Å²) in [5, 5.41) is 10.5. The Kier molecular flexibility index (Phi) is 4.10. The third kappa shape index (κ3) is 3.23. The van der Waals surface area contributed by atoms with Gasteiger partial charge in [0.25, 0.3) is 0 Å². The number of hydrogen-bond acceptors (Lipinski definition) is 2. The number of methoxy groups -OCH3 is 1. The van der Waals surface area contributed by atoms with Crippen molar-refractivity contribution in [3.05, 3.63) is 28.2 Å². The van der Waals surface area contributed by atoms with E-state index in [-0.39, 0.29) is 0 Å². The third-order valence-corrected chi connectivity index (χ3v) is 4.15. The maximum Gasteiger partial charge on any atom is 0.133 e. The quantitative estimate of drug-likeness (QED) is 0.922. The van der Waals surface area contributed by atoms with E-state index < -0.39 is 5.60 Å². The Hall–Kier alpha value is -0.540. The van der Waals surface area contributed by atoms with Crippen molar-refractivity contribution < 1.29 is 9.84 Å². The van der Waals surface area contributed by atoms with Gasteiger partial charge < -0.3 is 9.84 Å². The summed E-state index contributed by atoms with van der Waals surface area (Å²) in [4.78, 5) is 0. The zero-order valence-corrected chi connectivity index (χ0v) is 11.8. The molecule has 2 rings (SSSR count). The van der Waals surface area contributed by atoms with Gasteiger partial charge in [-0.2, -0.15) is 0 Å². The van der Waals surface area contributed by atoms with E-state index in [0.29, 0.717) is 0 Å². The molecule has 0 amide bonds. The number of rotatable bonds is 3. The fourth-order valence-corrected chi connectivity index (χ4v) is 3.17. The van der Waals surface area contributed by atoms with Crippen LogP contribution in [0.25, 0.3) is 0 Å². The van der Waals surface area contributed by atoms with E-state index >= 15 is 0 Å². The molecule has 3 heteroatoms. The Morgan fingerprint density at radius 2 is 2.00 bits per heavy atom. The Labute approximate surface area is 111 Å². The van der Waals surface area contributed by atoms with Gasteiger partial charge in [0.2, 0.25) is 0 Å². The lowest BCUT2D eigenvalue weighted by Gasteiger charge is -2.32. The van der Waals surface area contributed by atoms with Crippen LogP contribution in [-0.4, -0.2) is 17.8 Å². The molecule has 0 bridgehead atoms. The molecule has 1 aliphatic rings. The Balaban J connectivity index is 2.10. The minimum Gasteiger partial charge on any atom is -0.496 e. The molecule has 0 spiro atoms. The average molecular weight is 299 g/mol. The van der Waals surface area contributed by atoms with Crippen molar-refractivity contribution in [1.82, 2.24) is 0 Å². The highest BCUT2D eigenvalue weighted by Gasteiger charge is 2.29. The summed E-state index contributed by atoms with van der Waals surface area (Å²) in [7, 11) is 1.66. The molecular formula is C14H19BrO2. The van der Waals surface area contributed by atoms with Gasteiger partial charge in [-0.05, 0) is 46.5 Å². The van der Waals surface area contributed by atoms with Gasteiger partial charge in [-0.3, -0.25) is 0 Å². The molecule has 1 fully saturated rings. The first-order valence-corrected chi connectivity index (χ1v) is 6.97. The van der Waals surface area contributed by atoms with Crippen LogP contribution in [0.2, 0.25) is 0 Å². The topological polar surface area (TPSA) is 29.5 Å². The first kappa shape index (κ1) is 12.9. The van der Waals surface area contributed by atoms with Crippen LogP contribution in [0.5, 0.6) is 5.75 Å². The second-order valence-electron chi connectivity index (χ2n) is 4.93. The summed E-state index contributed by atoms with van der Waals surface area (Å²) in [6.45, 7) is 0. The molecule has 1 aliphatic carbocycles. The molecule has 94 valence electrons. The second-order valence-corrected chi connectivity index (χ2v) is 5.79. The average Bonchev–Trinajstić information content (AvgIpc) is 2.29. The highest BCUT2D eigenvalue weighted by atomic mass is 79.9. The first-order valence-electron chi connectivity index (χ1n) is 6.18. The summed E-state index contributed by atoms with van der Waals surface area (Å²) in [5.74, 6) is 0.837. The second kappa shape index (κ2) is 5.40. The predicted molar refractivity (Wildman–Crippen MR) is 72.4 cm³/mol.